The molecule has 0 N–H and O–H groups in total. The SMILES string of the molecule is CCSC1=C(C#N)[C@H](c2ccc(Cl)cc2)C(C(C)=O)C(C)=N1. The van der Waals surface area contributed by atoms with Crippen molar-refractivity contribution in [2.75, 3.05) is 5.75 Å². The highest BCUT2D eigenvalue weighted by Crippen LogP contribution is 2.42. The number of halogens is 1. The molecule has 0 fully saturated rings. The van der Waals surface area contributed by atoms with Gasteiger partial charge in [0.2, 0.25) is 0 Å². The summed E-state index contributed by atoms with van der Waals surface area (Å²) in [6.45, 7) is 5.44. The first-order valence-electron chi connectivity index (χ1n) is 7.07. The van der Waals surface area contributed by atoms with Crippen LogP contribution in [0.4, 0.5) is 0 Å². The summed E-state index contributed by atoms with van der Waals surface area (Å²) in [5.74, 6) is 0.174. The van der Waals surface area contributed by atoms with Crippen LogP contribution in [0.15, 0.2) is 39.9 Å². The molecule has 0 spiro atoms. The molecule has 0 saturated heterocycles. The zero-order chi connectivity index (χ0) is 16.3. The zero-order valence-corrected chi connectivity index (χ0v) is 14.3. The zero-order valence-electron chi connectivity index (χ0n) is 12.8. The topological polar surface area (TPSA) is 53.2 Å². The maximum atomic E-state index is 12.1. The van der Waals surface area contributed by atoms with Gasteiger partial charge in [0.1, 0.15) is 10.8 Å². The Hall–Kier alpha value is -1.57. The van der Waals surface area contributed by atoms with Crippen molar-refractivity contribution in [3.05, 3.63) is 45.5 Å². The second-order valence-electron chi connectivity index (χ2n) is 5.13. The highest BCUT2D eigenvalue weighted by Gasteiger charge is 2.37. The molecule has 1 unspecified atom stereocenters. The van der Waals surface area contributed by atoms with Crippen LogP contribution in [0.2, 0.25) is 5.02 Å². The number of nitriles is 1. The first-order valence-corrected chi connectivity index (χ1v) is 8.44. The maximum Gasteiger partial charge on any atom is 0.139 e. The number of aliphatic imine (C=N–C) groups is 1. The quantitative estimate of drug-likeness (QED) is 0.810. The lowest BCUT2D eigenvalue weighted by Gasteiger charge is -2.30. The molecule has 1 aromatic rings. The van der Waals surface area contributed by atoms with Gasteiger partial charge in [-0.3, -0.25) is 4.79 Å². The average Bonchev–Trinajstić information content (AvgIpc) is 2.47. The largest absolute Gasteiger partial charge is 0.299 e. The van der Waals surface area contributed by atoms with E-state index in [1.807, 2.05) is 26.0 Å². The number of rotatable bonds is 4. The Bertz CT molecular complexity index is 686. The molecule has 2 rings (SSSR count). The van der Waals surface area contributed by atoms with Crippen LogP contribution in [-0.2, 0) is 4.79 Å². The third kappa shape index (κ3) is 3.26. The molecule has 0 saturated carbocycles. The minimum Gasteiger partial charge on any atom is -0.299 e. The minimum atomic E-state index is -0.392. The van der Waals surface area contributed by atoms with Crippen molar-refractivity contribution in [3.63, 3.8) is 0 Å². The third-order valence-electron chi connectivity index (χ3n) is 3.67. The van der Waals surface area contributed by atoms with Gasteiger partial charge in [0.05, 0.1) is 17.6 Å². The molecule has 5 heteroatoms. The second-order valence-corrected chi connectivity index (χ2v) is 6.82. The van der Waals surface area contributed by atoms with Gasteiger partial charge < -0.3 is 0 Å². The fraction of sp³-hybridized carbons (Fsp3) is 0.353. The number of carbonyl (C=O) groups excluding carboxylic acids is 1. The van der Waals surface area contributed by atoms with E-state index in [1.54, 1.807) is 19.1 Å². The van der Waals surface area contributed by atoms with Gasteiger partial charge in [0.25, 0.3) is 0 Å². The van der Waals surface area contributed by atoms with E-state index in [2.05, 4.69) is 11.1 Å². The van der Waals surface area contributed by atoms with Crippen molar-refractivity contribution >= 4 is 34.9 Å². The first-order chi connectivity index (χ1) is 10.5. The van der Waals surface area contributed by atoms with E-state index in [1.165, 1.54) is 11.8 Å². The number of hydrogen-bond acceptors (Lipinski definition) is 4. The van der Waals surface area contributed by atoms with Crippen molar-refractivity contribution in [3.8, 4) is 6.07 Å². The van der Waals surface area contributed by atoms with Crippen LogP contribution < -0.4 is 0 Å². The number of ketones is 1. The number of hydrogen-bond donors (Lipinski definition) is 0. The van der Waals surface area contributed by atoms with Crippen LogP contribution in [0.5, 0.6) is 0 Å². The van der Waals surface area contributed by atoms with Crippen molar-refractivity contribution < 1.29 is 4.79 Å². The predicted octanol–water partition coefficient (Wildman–Crippen LogP) is 4.59. The minimum absolute atomic E-state index is 0.0227. The smallest absolute Gasteiger partial charge is 0.139 e. The summed E-state index contributed by atoms with van der Waals surface area (Å²) in [5, 5.41) is 11.0. The molecule has 22 heavy (non-hydrogen) atoms. The van der Waals surface area contributed by atoms with Gasteiger partial charge in [0, 0.05) is 16.7 Å². The molecule has 0 radical (unpaired) electrons. The molecular formula is C17H17ClN2OS. The monoisotopic (exact) mass is 332 g/mol. The van der Waals surface area contributed by atoms with Crippen LogP contribution in [0.1, 0.15) is 32.3 Å². The molecule has 1 aliphatic rings. The second kappa shape index (κ2) is 7.13. The van der Waals surface area contributed by atoms with E-state index in [9.17, 15) is 10.1 Å². The van der Waals surface area contributed by atoms with E-state index < -0.39 is 5.92 Å². The van der Waals surface area contributed by atoms with Gasteiger partial charge in [-0.2, -0.15) is 5.26 Å². The lowest BCUT2D eigenvalue weighted by Crippen LogP contribution is -2.31. The van der Waals surface area contributed by atoms with Crippen LogP contribution in [0.25, 0.3) is 0 Å². The number of allylic oxidation sites excluding steroid dienone is 1. The van der Waals surface area contributed by atoms with E-state index in [0.717, 1.165) is 22.1 Å². The summed E-state index contributed by atoms with van der Waals surface area (Å²) < 4.78 is 0. The summed E-state index contributed by atoms with van der Waals surface area (Å²) in [6.07, 6.45) is 0. The van der Waals surface area contributed by atoms with Gasteiger partial charge in [-0.1, -0.05) is 30.7 Å². The summed E-state index contributed by atoms with van der Waals surface area (Å²) >= 11 is 7.49. The lowest BCUT2D eigenvalue weighted by molar-refractivity contribution is -0.119. The van der Waals surface area contributed by atoms with E-state index in [4.69, 9.17) is 11.6 Å². The standard InChI is InChI=1S/C17H17ClN2OS/c1-4-22-17-14(9-19)16(12-5-7-13(18)8-6-12)15(11(3)21)10(2)20-17/h5-8,15-16H,4H2,1-3H3/t15?,16-/m0/s1. The van der Waals surface area contributed by atoms with Gasteiger partial charge in [-0.05, 0) is 37.3 Å². The molecule has 0 aromatic heterocycles. The molecule has 1 heterocycles. The number of benzene rings is 1. The van der Waals surface area contributed by atoms with Crippen molar-refractivity contribution in [1.29, 1.82) is 5.26 Å². The third-order valence-corrected chi connectivity index (χ3v) is 4.80. The van der Waals surface area contributed by atoms with Crippen LogP contribution >= 0.6 is 23.4 Å². The number of nitrogens with zero attached hydrogens (tertiary/aromatic N) is 2. The lowest BCUT2D eigenvalue weighted by atomic mass is 9.75. The van der Waals surface area contributed by atoms with E-state index in [0.29, 0.717) is 10.6 Å². The summed E-state index contributed by atoms with van der Waals surface area (Å²) in [4.78, 5) is 16.7. The summed E-state index contributed by atoms with van der Waals surface area (Å²) in [5.41, 5.74) is 2.26. The van der Waals surface area contributed by atoms with Crippen molar-refractivity contribution in [2.24, 2.45) is 10.9 Å². The Kier molecular flexibility index (Phi) is 5.44. The summed E-state index contributed by atoms with van der Waals surface area (Å²) in [7, 11) is 0. The Morgan fingerprint density at radius 1 is 1.41 bits per heavy atom. The highest BCUT2D eigenvalue weighted by atomic mass is 35.5. The van der Waals surface area contributed by atoms with Gasteiger partial charge in [-0.25, -0.2) is 4.99 Å². The molecule has 0 aliphatic carbocycles. The van der Waals surface area contributed by atoms with Crippen LogP contribution in [0, 0.1) is 17.2 Å². The van der Waals surface area contributed by atoms with Crippen LogP contribution in [0.3, 0.4) is 0 Å². The fourth-order valence-electron chi connectivity index (χ4n) is 2.75. The number of Topliss-reactive ketones (excluding diaryl/α,β-unsaturated/α-hetero) is 1. The molecule has 114 valence electrons. The molecule has 0 amide bonds. The normalized spacial score (nSPS) is 21.3. The van der Waals surface area contributed by atoms with Crippen molar-refractivity contribution in [2.45, 2.75) is 26.7 Å². The van der Waals surface area contributed by atoms with Crippen LogP contribution in [-0.4, -0.2) is 17.2 Å². The molecule has 0 bridgehead atoms. The van der Waals surface area contributed by atoms with Gasteiger partial charge in [-0.15, -0.1) is 11.8 Å². The maximum absolute atomic E-state index is 12.1. The average molecular weight is 333 g/mol. The number of thioether (sulfide) groups is 1. The Morgan fingerprint density at radius 2 is 2.05 bits per heavy atom. The molecule has 1 aromatic carbocycles. The van der Waals surface area contributed by atoms with E-state index in [-0.39, 0.29) is 11.7 Å². The predicted molar refractivity (Wildman–Crippen MR) is 92.2 cm³/mol. The fourth-order valence-corrected chi connectivity index (χ4v) is 3.69. The Balaban J connectivity index is 2.62. The van der Waals surface area contributed by atoms with Crippen molar-refractivity contribution in [1.82, 2.24) is 0 Å². The van der Waals surface area contributed by atoms with Gasteiger partial charge >= 0.3 is 0 Å². The first kappa shape index (κ1) is 16.8. The van der Waals surface area contributed by atoms with E-state index >= 15 is 0 Å². The summed E-state index contributed by atoms with van der Waals surface area (Å²) in [6, 6.07) is 9.62. The number of carbonyl (C=O) groups is 1. The molecule has 3 nitrogen and oxygen atoms in total. The molecule has 2 atom stereocenters. The highest BCUT2D eigenvalue weighted by molar-refractivity contribution is 8.03. The Morgan fingerprint density at radius 3 is 2.55 bits per heavy atom. The molecule has 1 aliphatic heterocycles. The molecular weight excluding hydrogens is 316 g/mol. The van der Waals surface area contributed by atoms with Gasteiger partial charge in [0.15, 0.2) is 0 Å². The Labute approximate surface area is 140 Å².